The maximum atomic E-state index is 5.67. The van der Waals surface area contributed by atoms with Crippen molar-refractivity contribution in [1.29, 1.82) is 0 Å². The molecule has 0 aliphatic heterocycles. The van der Waals surface area contributed by atoms with Crippen molar-refractivity contribution >= 4 is 11.6 Å². The summed E-state index contributed by atoms with van der Waals surface area (Å²) in [5.74, 6) is 1.53. The lowest BCUT2D eigenvalue weighted by Gasteiger charge is -2.25. The minimum Gasteiger partial charge on any atom is -0.316 e. The van der Waals surface area contributed by atoms with E-state index in [0.717, 1.165) is 31.3 Å². The van der Waals surface area contributed by atoms with Crippen LogP contribution in [0, 0.1) is 0 Å². The minimum absolute atomic E-state index is 0.725. The van der Waals surface area contributed by atoms with Gasteiger partial charge in [0.25, 0.3) is 0 Å². The number of alkyl halides is 1. The van der Waals surface area contributed by atoms with Gasteiger partial charge in [0.2, 0.25) is 0 Å². The normalized spacial score (nSPS) is 18.6. The van der Waals surface area contributed by atoms with Crippen molar-refractivity contribution in [2.45, 2.75) is 44.4 Å². The zero-order chi connectivity index (χ0) is 12.6. The van der Waals surface area contributed by atoms with E-state index in [-0.39, 0.29) is 0 Å². The van der Waals surface area contributed by atoms with Crippen LogP contribution in [0.15, 0.2) is 24.3 Å². The molecular formula is C16H24ClN. The van der Waals surface area contributed by atoms with E-state index in [4.69, 9.17) is 11.6 Å². The fraction of sp³-hybridized carbons (Fsp3) is 0.625. The Labute approximate surface area is 116 Å². The van der Waals surface area contributed by atoms with Crippen molar-refractivity contribution in [3.63, 3.8) is 0 Å². The van der Waals surface area contributed by atoms with Crippen molar-refractivity contribution in [1.82, 2.24) is 5.32 Å². The minimum atomic E-state index is 0.725. The van der Waals surface area contributed by atoms with Crippen LogP contribution in [-0.4, -0.2) is 19.0 Å². The number of benzene rings is 1. The second kappa shape index (κ2) is 7.81. The predicted molar refractivity (Wildman–Crippen MR) is 79.6 cm³/mol. The summed E-state index contributed by atoms with van der Waals surface area (Å²) in [6.07, 6.45) is 7.60. The number of rotatable bonds is 7. The molecule has 1 unspecified atom stereocenters. The van der Waals surface area contributed by atoms with Crippen LogP contribution in [0.5, 0.6) is 0 Å². The molecule has 100 valence electrons. The molecule has 0 aromatic heterocycles. The van der Waals surface area contributed by atoms with E-state index in [2.05, 4.69) is 29.6 Å². The summed E-state index contributed by atoms with van der Waals surface area (Å²) in [5.41, 5.74) is 3.15. The quantitative estimate of drug-likeness (QED) is 0.578. The molecule has 1 aliphatic carbocycles. The van der Waals surface area contributed by atoms with Gasteiger partial charge in [-0.1, -0.05) is 30.7 Å². The van der Waals surface area contributed by atoms with Gasteiger partial charge in [-0.3, -0.25) is 0 Å². The first-order valence-corrected chi connectivity index (χ1v) is 7.79. The number of hydrogen-bond donors (Lipinski definition) is 1. The first kappa shape index (κ1) is 13.9. The van der Waals surface area contributed by atoms with E-state index in [1.54, 1.807) is 11.1 Å². The van der Waals surface area contributed by atoms with Crippen LogP contribution in [0.3, 0.4) is 0 Å². The first-order valence-electron chi connectivity index (χ1n) is 7.26. The molecule has 2 rings (SSSR count). The summed E-state index contributed by atoms with van der Waals surface area (Å²) in [5, 5.41) is 3.61. The Bertz CT molecular complexity index is 351. The lowest BCUT2D eigenvalue weighted by Crippen LogP contribution is -2.25. The highest BCUT2D eigenvalue weighted by molar-refractivity contribution is 6.17. The molecule has 0 amide bonds. The van der Waals surface area contributed by atoms with E-state index in [1.165, 1.54) is 32.1 Å². The van der Waals surface area contributed by atoms with Crippen molar-refractivity contribution in [3.05, 3.63) is 35.4 Å². The zero-order valence-corrected chi connectivity index (χ0v) is 11.9. The lowest BCUT2D eigenvalue weighted by atomic mass is 9.83. The topological polar surface area (TPSA) is 12.0 Å². The summed E-state index contributed by atoms with van der Waals surface area (Å²) < 4.78 is 0. The number of fused-ring (bicyclic) bond motifs is 1. The third-order valence-electron chi connectivity index (χ3n) is 3.87. The van der Waals surface area contributed by atoms with Gasteiger partial charge < -0.3 is 5.32 Å². The maximum Gasteiger partial charge on any atom is 0.0223 e. The van der Waals surface area contributed by atoms with Crippen LogP contribution >= 0.6 is 11.6 Å². The van der Waals surface area contributed by atoms with Crippen LogP contribution in [0.2, 0.25) is 0 Å². The van der Waals surface area contributed by atoms with Gasteiger partial charge >= 0.3 is 0 Å². The molecule has 1 aromatic rings. The highest BCUT2D eigenvalue weighted by Crippen LogP contribution is 2.30. The van der Waals surface area contributed by atoms with Crippen LogP contribution in [0.25, 0.3) is 0 Å². The summed E-state index contributed by atoms with van der Waals surface area (Å²) in [6, 6.07) is 8.95. The van der Waals surface area contributed by atoms with Gasteiger partial charge in [-0.2, -0.15) is 0 Å². The average Bonchev–Trinajstić information content (AvgIpc) is 2.43. The Balaban J connectivity index is 1.74. The average molecular weight is 266 g/mol. The van der Waals surface area contributed by atoms with E-state index >= 15 is 0 Å². The first-order chi connectivity index (χ1) is 8.92. The molecule has 1 aliphatic rings. The van der Waals surface area contributed by atoms with Gasteiger partial charge in [-0.25, -0.2) is 0 Å². The Hall–Kier alpha value is -0.530. The summed E-state index contributed by atoms with van der Waals surface area (Å²) >= 11 is 5.67. The van der Waals surface area contributed by atoms with Crippen LogP contribution < -0.4 is 5.32 Å². The SMILES string of the molecule is ClCCCCCNCC1CCCc2ccccc21. The molecule has 0 saturated heterocycles. The van der Waals surface area contributed by atoms with Crippen LogP contribution in [-0.2, 0) is 6.42 Å². The van der Waals surface area contributed by atoms with E-state index < -0.39 is 0 Å². The van der Waals surface area contributed by atoms with Gasteiger partial charge in [0.15, 0.2) is 0 Å². The Morgan fingerprint density at radius 1 is 1.17 bits per heavy atom. The molecular weight excluding hydrogens is 242 g/mol. The lowest BCUT2D eigenvalue weighted by molar-refractivity contribution is 0.499. The number of halogens is 1. The monoisotopic (exact) mass is 265 g/mol. The van der Waals surface area contributed by atoms with Crippen molar-refractivity contribution in [2.75, 3.05) is 19.0 Å². The summed E-state index contributed by atoms with van der Waals surface area (Å²) in [6.45, 7) is 2.27. The number of nitrogens with one attached hydrogen (secondary N) is 1. The number of hydrogen-bond acceptors (Lipinski definition) is 1. The zero-order valence-electron chi connectivity index (χ0n) is 11.1. The van der Waals surface area contributed by atoms with Crippen molar-refractivity contribution in [3.8, 4) is 0 Å². The molecule has 0 saturated carbocycles. The standard InChI is InChI=1S/C16H24ClN/c17-11-4-1-5-12-18-13-15-9-6-8-14-7-2-3-10-16(14)15/h2-3,7,10,15,18H,1,4-6,8-9,11-13H2. The molecule has 2 heteroatoms. The fourth-order valence-electron chi connectivity index (χ4n) is 2.86. The highest BCUT2D eigenvalue weighted by atomic mass is 35.5. The molecule has 0 fully saturated rings. The third-order valence-corrected chi connectivity index (χ3v) is 4.14. The third kappa shape index (κ3) is 4.00. The molecule has 0 spiro atoms. The number of unbranched alkanes of at least 4 members (excludes halogenated alkanes) is 2. The van der Waals surface area contributed by atoms with E-state index in [0.29, 0.717) is 0 Å². The van der Waals surface area contributed by atoms with Gasteiger partial charge in [0.05, 0.1) is 0 Å². The van der Waals surface area contributed by atoms with E-state index in [1.807, 2.05) is 0 Å². The second-order valence-electron chi connectivity index (χ2n) is 5.24. The Morgan fingerprint density at radius 3 is 2.94 bits per heavy atom. The molecule has 1 N–H and O–H groups in total. The predicted octanol–water partition coefficient (Wildman–Crippen LogP) is 4.11. The molecule has 0 bridgehead atoms. The van der Waals surface area contributed by atoms with Gasteiger partial charge in [0.1, 0.15) is 0 Å². The van der Waals surface area contributed by atoms with Crippen molar-refractivity contribution in [2.24, 2.45) is 0 Å². The van der Waals surface area contributed by atoms with E-state index in [9.17, 15) is 0 Å². The van der Waals surface area contributed by atoms with Gasteiger partial charge in [-0.05, 0) is 55.7 Å². The molecule has 0 radical (unpaired) electrons. The molecule has 18 heavy (non-hydrogen) atoms. The molecule has 0 heterocycles. The maximum absolute atomic E-state index is 5.67. The van der Waals surface area contributed by atoms with Gasteiger partial charge in [-0.15, -0.1) is 11.6 Å². The molecule has 1 aromatic carbocycles. The van der Waals surface area contributed by atoms with Gasteiger partial charge in [0, 0.05) is 12.4 Å². The molecule has 1 atom stereocenters. The smallest absolute Gasteiger partial charge is 0.0223 e. The largest absolute Gasteiger partial charge is 0.316 e. The fourth-order valence-corrected chi connectivity index (χ4v) is 3.05. The van der Waals surface area contributed by atoms with Crippen LogP contribution in [0.4, 0.5) is 0 Å². The summed E-state index contributed by atoms with van der Waals surface area (Å²) in [4.78, 5) is 0. The van der Waals surface area contributed by atoms with Crippen LogP contribution in [0.1, 0.15) is 49.1 Å². The highest BCUT2D eigenvalue weighted by Gasteiger charge is 2.18. The second-order valence-corrected chi connectivity index (χ2v) is 5.62. The number of aryl methyl sites for hydroxylation is 1. The van der Waals surface area contributed by atoms with Crippen molar-refractivity contribution < 1.29 is 0 Å². The molecule has 1 nitrogen and oxygen atoms in total. The Kier molecular flexibility index (Phi) is 6.02. The Morgan fingerprint density at radius 2 is 2.06 bits per heavy atom. The summed E-state index contributed by atoms with van der Waals surface area (Å²) in [7, 11) is 0.